The first-order chi connectivity index (χ1) is 10.1. The zero-order valence-corrected chi connectivity index (χ0v) is 14.3. The number of hydrogen-bond acceptors (Lipinski definition) is 4. The van der Waals surface area contributed by atoms with E-state index in [1.54, 1.807) is 0 Å². The smallest absolute Gasteiger partial charge is 0.0558 e. The van der Waals surface area contributed by atoms with Gasteiger partial charge in [-0.05, 0) is 37.6 Å². The van der Waals surface area contributed by atoms with E-state index in [0.717, 1.165) is 43.6 Å². The summed E-state index contributed by atoms with van der Waals surface area (Å²) in [6, 6.07) is 8.84. The van der Waals surface area contributed by atoms with Gasteiger partial charge in [0.2, 0.25) is 0 Å². The van der Waals surface area contributed by atoms with Crippen molar-refractivity contribution in [3.05, 3.63) is 34.3 Å². The number of β-amino-alcohol motifs (C(OH)–C–C–N with tert-alkyl or cyclic N) is 1. The number of aliphatic hydroxyl groups excluding tert-OH is 1. The molecule has 118 valence electrons. The van der Waals surface area contributed by atoms with E-state index in [0.29, 0.717) is 0 Å². The van der Waals surface area contributed by atoms with Gasteiger partial charge >= 0.3 is 0 Å². The fourth-order valence-electron chi connectivity index (χ4n) is 3.14. The number of nitrogens with zero attached hydrogens (tertiary/aromatic N) is 2. The second-order valence-electron chi connectivity index (χ2n) is 5.81. The van der Waals surface area contributed by atoms with Gasteiger partial charge in [0.1, 0.15) is 0 Å². The van der Waals surface area contributed by atoms with E-state index >= 15 is 0 Å². The summed E-state index contributed by atoms with van der Waals surface area (Å²) in [7, 11) is 0. The maximum Gasteiger partial charge on any atom is 0.0558 e. The minimum absolute atomic E-state index is 0.0931. The monoisotopic (exact) mass is 355 g/mol. The predicted molar refractivity (Wildman–Crippen MR) is 90.2 cm³/mol. The lowest BCUT2D eigenvalue weighted by atomic mass is 9.99. The molecule has 1 heterocycles. The van der Waals surface area contributed by atoms with Crippen molar-refractivity contribution >= 4 is 15.9 Å². The third-order valence-corrected chi connectivity index (χ3v) is 4.67. The quantitative estimate of drug-likeness (QED) is 0.845. The molecule has 0 bridgehead atoms. The summed E-state index contributed by atoms with van der Waals surface area (Å²) in [5.74, 6) is 0. The van der Waals surface area contributed by atoms with Crippen molar-refractivity contribution < 1.29 is 5.11 Å². The highest BCUT2D eigenvalue weighted by atomic mass is 79.9. The second-order valence-corrected chi connectivity index (χ2v) is 6.73. The Bertz CT molecular complexity index is 424. The molecule has 0 saturated carbocycles. The predicted octanol–water partition coefficient (Wildman–Crippen LogP) is 1.84. The van der Waals surface area contributed by atoms with Crippen LogP contribution in [0, 0.1) is 0 Å². The van der Waals surface area contributed by atoms with E-state index < -0.39 is 0 Å². The van der Waals surface area contributed by atoms with E-state index in [2.05, 4.69) is 56.9 Å². The van der Waals surface area contributed by atoms with Crippen LogP contribution in [-0.4, -0.2) is 60.3 Å². The van der Waals surface area contributed by atoms with Gasteiger partial charge in [-0.25, -0.2) is 0 Å². The molecule has 0 aliphatic carbocycles. The molecular formula is C16H26BrN3O. The van der Waals surface area contributed by atoms with Gasteiger partial charge in [-0.2, -0.15) is 0 Å². The lowest BCUT2D eigenvalue weighted by molar-refractivity contribution is 0.169. The molecule has 0 spiro atoms. The van der Waals surface area contributed by atoms with Gasteiger partial charge in [-0.1, -0.05) is 28.1 Å². The molecule has 1 fully saturated rings. The van der Waals surface area contributed by atoms with E-state index in [4.69, 9.17) is 10.8 Å². The van der Waals surface area contributed by atoms with Gasteiger partial charge in [0.25, 0.3) is 0 Å². The Morgan fingerprint density at radius 1 is 1.19 bits per heavy atom. The van der Waals surface area contributed by atoms with Gasteiger partial charge in [0, 0.05) is 42.7 Å². The average molecular weight is 356 g/mol. The highest BCUT2D eigenvalue weighted by Crippen LogP contribution is 2.26. The minimum atomic E-state index is 0.0931. The Morgan fingerprint density at radius 2 is 1.90 bits per heavy atom. The van der Waals surface area contributed by atoms with Crippen molar-refractivity contribution in [2.75, 3.05) is 39.3 Å². The van der Waals surface area contributed by atoms with Gasteiger partial charge in [0.15, 0.2) is 0 Å². The molecule has 3 N–H and O–H groups in total. The summed E-state index contributed by atoms with van der Waals surface area (Å²) in [5, 5.41) is 9.10. The number of nitrogens with two attached hydrogens (primary N) is 1. The highest BCUT2D eigenvalue weighted by molar-refractivity contribution is 9.10. The van der Waals surface area contributed by atoms with Crippen LogP contribution in [0.5, 0.6) is 0 Å². The Hall–Kier alpha value is -0.460. The third-order valence-electron chi connectivity index (χ3n) is 4.14. The molecule has 0 aromatic heterocycles. The molecule has 2 rings (SSSR count). The Morgan fingerprint density at radius 3 is 2.52 bits per heavy atom. The van der Waals surface area contributed by atoms with Crippen LogP contribution in [0.4, 0.5) is 0 Å². The van der Waals surface area contributed by atoms with Crippen LogP contribution in [0.3, 0.4) is 0 Å². The number of benzene rings is 1. The average Bonchev–Trinajstić information content (AvgIpc) is 2.67. The Labute approximate surface area is 136 Å². The second kappa shape index (κ2) is 8.25. The van der Waals surface area contributed by atoms with E-state index in [9.17, 15) is 0 Å². The van der Waals surface area contributed by atoms with Crippen LogP contribution in [0.2, 0.25) is 0 Å². The molecule has 1 aliphatic heterocycles. The van der Waals surface area contributed by atoms with Crippen molar-refractivity contribution in [1.29, 1.82) is 0 Å². The van der Waals surface area contributed by atoms with Crippen molar-refractivity contribution in [1.82, 2.24) is 9.80 Å². The van der Waals surface area contributed by atoms with Gasteiger partial charge in [-0.15, -0.1) is 0 Å². The number of aliphatic hydroxyl groups is 1. The summed E-state index contributed by atoms with van der Waals surface area (Å²) in [6.07, 6.45) is 1.12. The fraction of sp³-hybridized carbons (Fsp3) is 0.625. The standard InChI is InChI=1S/C16H26BrN3O/c1-13(18)16(14-3-5-15(17)6-4-14)20-8-2-7-19(9-10-20)11-12-21/h3-6,13,16,21H,2,7-12,18H2,1H3. The fourth-order valence-corrected chi connectivity index (χ4v) is 3.41. The first kappa shape index (κ1) is 16.9. The summed E-state index contributed by atoms with van der Waals surface area (Å²) in [6.45, 7) is 7.22. The van der Waals surface area contributed by atoms with E-state index in [1.807, 2.05) is 0 Å². The van der Waals surface area contributed by atoms with Gasteiger partial charge in [-0.3, -0.25) is 9.80 Å². The minimum Gasteiger partial charge on any atom is -0.395 e. The zero-order valence-electron chi connectivity index (χ0n) is 12.7. The lowest BCUT2D eigenvalue weighted by Gasteiger charge is -2.34. The molecule has 0 amide bonds. The lowest BCUT2D eigenvalue weighted by Crippen LogP contribution is -2.41. The molecular weight excluding hydrogens is 330 g/mol. The summed E-state index contributed by atoms with van der Waals surface area (Å²) >= 11 is 3.49. The number of hydrogen-bond donors (Lipinski definition) is 2. The van der Waals surface area contributed by atoms with Crippen molar-refractivity contribution in [2.24, 2.45) is 5.73 Å². The van der Waals surface area contributed by atoms with E-state index in [1.165, 1.54) is 5.56 Å². The molecule has 2 unspecified atom stereocenters. The molecule has 4 nitrogen and oxygen atoms in total. The Kier molecular flexibility index (Phi) is 6.64. The van der Waals surface area contributed by atoms with Gasteiger partial charge in [0.05, 0.1) is 6.61 Å². The number of rotatable bonds is 5. The summed E-state index contributed by atoms with van der Waals surface area (Å²) in [5.41, 5.74) is 7.56. The largest absolute Gasteiger partial charge is 0.395 e. The van der Waals surface area contributed by atoms with Crippen LogP contribution in [0.1, 0.15) is 24.9 Å². The molecule has 5 heteroatoms. The summed E-state index contributed by atoms with van der Waals surface area (Å²) < 4.78 is 1.10. The molecule has 1 aromatic carbocycles. The van der Waals surface area contributed by atoms with Crippen LogP contribution < -0.4 is 5.73 Å². The zero-order chi connectivity index (χ0) is 15.2. The number of halogens is 1. The Balaban J connectivity index is 2.09. The first-order valence-electron chi connectivity index (χ1n) is 7.70. The highest BCUT2D eigenvalue weighted by Gasteiger charge is 2.26. The topological polar surface area (TPSA) is 52.7 Å². The van der Waals surface area contributed by atoms with Crippen LogP contribution in [0.15, 0.2) is 28.7 Å². The van der Waals surface area contributed by atoms with Gasteiger partial charge < -0.3 is 10.8 Å². The maximum atomic E-state index is 9.10. The third kappa shape index (κ3) is 4.76. The normalized spacial score (nSPS) is 21.0. The van der Waals surface area contributed by atoms with Crippen LogP contribution in [0.25, 0.3) is 0 Å². The summed E-state index contributed by atoms with van der Waals surface area (Å²) in [4.78, 5) is 4.82. The van der Waals surface area contributed by atoms with Crippen LogP contribution in [-0.2, 0) is 0 Å². The van der Waals surface area contributed by atoms with Crippen LogP contribution >= 0.6 is 15.9 Å². The maximum absolute atomic E-state index is 9.10. The molecule has 21 heavy (non-hydrogen) atoms. The molecule has 1 aliphatic rings. The molecule has 2 atom stereocenters. The van der Waals surface area contributed by atoms with Crippen molar-refractivity contribution in [3.8, 4) is 0 Å². The SMILES string of the molecule is CC(N)C(c1ccc(Br)cc1)N1CCCN(CCO)CC1. The molecule has 1 aromatic rings. The van der Waals surface area contributed by atoms with E-state index in [-0.39, 0.29) is 18.7 Å². The molecule has 0 radical (unpaired) electrons. The van der Waals surface area contributed by atoms with Crippen molar-refractivity contribution in [2.45, 2.75) is 25.4 Å². The first-order valence-corrected chi connectivity index (χ1v) is 8.49. The van der Waals surface area contributed by atoms with Crippen molar-refractivity contribution in [3.63, 3.8) is 0 Å². The molecule has 1 saturated heterocycles.